The molecule has 0 saturated carbocycles. The molecule has 2 aromatic carbocycles. The van der Waals surface area contributed by atoms with Gasteiger partial charge in [-0.1, -0.05) is 98.7 Å². The van der Waals surface area contributed by atoms with Crippen LogP contribution in [0.25, 0.3) is 0 Å². The average Bonchev–Trinajstić information content (AvgIpc) is 2.59. The zero-order valence-corrected chi connectivity index (χ0v) is 16.4. The van der Waals surface area contributed by atoms with E-state index < -0.39 is 8.07 Å². The van der Waals surface area contributed by atoms with E-state index in [-0.39, 0.29) is 0 Å². The van der Waals surface area contributed by atoms with Crippen molar-refractivity contribution in [1.29, 1.82) is 0 Å². The van der Waals surface area contributed by atoms with E-state index in [0.717, 1.165) is 0 Å². The highest BCUT2D eigenvalue weighted by Crippen LogP contribution is 2.10. The zero-order chi connectivity index (χ0) is 16.7. The molecule has 1 heteroatoms. The Morgan fingerprint density at radius 2 is 0.957 bits per heavy atom. The molecule has 2 rings (SSSR count). The highest BCUT2D eigenvalue weighted by molar-refractivity contribution is 7.00. The van der Waals surface area contributed by atoms with E-state index in [9.17, 15) is 0 Å². The van der Waals surface area contributed by atoms with E-state index in [0.29, 0.717) is 0 Å². The number of rotatable bonds is 8. The van der Waals surface area contributed by atoms with E-state index in [4.69, 9.17) is 0 Å². The summed E-state index contributed by atoms with van der Waals surface area (Å²) in [5.41, 5.74) is 2.96. The van der Waals surface area contributed by atoms with Gasteiger partial charge in [-0.25, -0.2) is 0 Å². The highest BCUT2D eigenvalue weighted by atomic mass is 28.3. The molecule has 0 unspecified atom stereocenters. The van der Waals surface area contributed by atoms with Gasteiger partial charge in [0.25, 0.3) is 0 Å². The van der Waals surface area contributed by atoms with Crippen LogP contribution < -0.4 is 10.4 Å². The fourth-order valence-corrected chi connectivity index (χ4v) is 5.44. The Kier molecular flexibility index (Phi) is 6.65. The van der Waals surface area contributed by atoms with E-state index in [2.05, 4.69) is 75.5 Å². The Balaban J connectivity index is 2.13. The molecule has 0 saturated heterocycles. The Hall–Kier alpha value is -1.34. The Bertz CT molecular complexity index is 525. The van der Waals surface area contributed by atoms with Crippen molar-refractivity contribution < 1.29 is 0 Å². The molecule has 124 valence electrons. The molecule has 2 aromatic rings. The number of hydrogen-bond donors (Lipinski definition) is 0. The van der Waals surface area contributed by atoms with Gasteiger partial charge < -0.3 is 0 Å². The molecule has 0 spiro atoms. The molecule has 0 nitrogen and oxygen atoms in total. The standard InChI is InChI=1S/C22H32Si/c1-5-7-9-19-11-15-21(16-12-19)23(3,4)22-17-13-20(14-18-22)10-8-6-2/h11-18H,5-10H2,1-4H3. The second kappa shape index (κ2) is 8.49. The maximum Gasteiger partial charge on any atom is 0.112 e. The fourth-order valence-electron chi connectivity index (χ4n) is 3.10. The number of unbranched alkanes of at least 4 members (excludes halogenated alkanes) is 2. The molecular formula is C22H32Si. The predicted molar refractivity (Wildman–Crippen MR) is 107 cm³/mol. The van der Waals surface area contributed by atoms with Gasteiger partial charge in [-0.05, 0) is 36.8 Å². The lowest BCUT2D eigenvalue weighted by Gasteiger charge is -2.24. The monoisotopic (exact) mass is 324 g/mol. The van der Waals surface area contributed by atoms with Crippen LogP contribution in [-0.2, 0) is 12.8 Å². The van der Waals surface area contributed by atoms with Crippen LogP contribution in [0.4, 0.5) is 0 Å². The Morgan fingerprint density at radius 3 is 1.26 bits per heavy atom. The fraction of sp³-hybridized carbons (Fsp3) is 0.455. The maximum atomic E-state index is 2.47. The normalized spacial score (nSPS) is 11.7. The summed E-state index contributed by atoms with van der Waals surface area (Å²) < 4.78 is 0. The van der Waals surface area contributed by atoms with E-state index in [1.54, 1.807) is 10.4 Å². The van der Waals surface area contributed by atoms with Crippen molar-refractivity contribution in [3.05, 3.63) is 59.7 Å². The summed E-state index contributed by atoms with van der Waals surface area (Å²) in [5, 5.41) is 3.08. The van der Waals surface area contributed by atoms with E-state index in [1.807, 2.05) is 0 Å². The first kappa shape index (κ1) is 18.0. The lowest BCUT2D eigenvalue weighted by atomic mass is 10.1. The van der Waals surface area contributed by atoms with Gasteiger partial charge in [-0.3, -0.25) is 0 Å². The third-order valence-electron chi connectivity index (χ3n) is 4.99. The van der Waals surface area contributed by atoms with Crippen molar-refractivity contribution in [2.75, 3.05) is 0 Å². The average molecular weight is 325 g/mol. The van der Waals surface area contributed by atoms with Gasteiger partial charge in [-0.2, -0.15) is 0 Å². The minimum atomic E-state index is -1.56. The van der Waals surface area contributed by atoms with Crippen LogP contribution in [-0.4, -0.2) is 8.07 Å². The molecule has 0 aliphatic carbocycles. The summed E-state index contributed by atoms with van der Waals surface area (Å²) in [6.45, 7) is 9.45. The van der Waals surface area contributed by atoms with Crippen molar-refractivity contribution >= 4 is 18.4 Å². The second-order valence-electron chi connectivity index (χ2n) is 7.23. The maximum absolute atomic E-state index is 2.47. The largest absolute Gasteiger partial charge is 0.112 e. The Labute approximate surface area is 144 Å². The lowest BCUT2D eigenvalue weighted by Crippen LogP contribution is -2.52. The van der Waals surface area contributed by atoms with Crippen LogP contribution in [0.15, 0.2) is 48.5 Å². The van der Waals surface area contributed by atoms with Crippen molar-refractivity contribution in [2.45, 2.75) is 65.5 Å². The van der Waals surface area contributed by atoms with Gasteiger partial charge in [0.2, 0.25) is 0 Å². The van der Waals surface area contributed by atoms with Crippen LogP contribution in [0.2, 0.25) is 13.1 Å². The number of aryl methyl sites for hydroxylation is 2. The van der Waals surface area contributed by atoms with Crippen LogP contribution in [0.3, 0.4) is 0 Å². The molecule has 0 bridgehead atoms. The molecule has 0 aromatic heterocycles. The van der Waals surface area contributed by atoms with Gasteiger partial charge in [0, 0.05) is 0 Å². The van der Waals surface area contributed by atoms with E-state index >= 15 is 0 Å². The first-order valence-electron chi connectivity index (χ1n) is 9.26. The van der Waals surface area contributed by atoms with Crippen molar-refractivity contribution in [3.8, 4) is 0 Å². The zero-order valence-electron chi connectivity index (χ0n) is 15.4. The van der Waals surface area contributed by atoms with Crippen LogP contribution in [0.1, 0.15) is 50.7 Å². The molecule has 0 aliphatic rings. The third kappa shape index (κ3) is 4.81. The summed E-state index contributed by atoms with van der Waals surface area (Å²) in [6.07, 6.45) is 7.55. The topological polar surface area (TPSA) is 0 Å². The van der Waals surface area contributed by atoms with Gasteiger partial charge in [0.1, 0.15) is 8.07 Å². The molecule has 23 heavy (non-hydrogen) atoms. The third-order valence-corrected chi connectivity index (χ3v) is 8.54. The predicted octanol–water partition coefficient (Wildman–Crippen LogP) is 5.19. The van der Waals surface area contributed by atoms with Gasteiger partial charge >= 0.3 is 0 Å². The van der Waals surface area contributed by atoms with Gasteiger partial charge in [0.05, 0.1) is 0 Å². The molecule has 0 radical (unpaired) electrons. The molecule has 0 fully saturated rings. The van der Waals surface area contributed by atoms with Gasteiger partial charge in [-0.15, -0.1) is 0 Å². The van der Waals surface area contributed by atoms with Gasteiger partial charge in [0.15, 0.2) is 0 Å². The van der Waals surface area contributed by atoms with Crippen molar-refractivity contribution in [3.63, 3.8) is 0 Å². The van der Waals surface area contributed by atoms with Crippen LogP contribution in [0.5, 0.6) is 0 Å². The van der Waals surface area contributed by atoms with Crippen molar-refractivity contribution in [2.24, 2.45) is 0 Å². The molecular weight excluding hydrogens is 292 g/mol. The molecule has 0 heterocycles. The summed E-state index contributed by atoms with van der Waals surface area (Å²) in [5.74, 6) is 0. The summed E-state index contributed by atoms with van der Waals surface area (Å²) in [7, 11) is -1.56. The first-order valence-corrected chi connectivity index (χ1v) is 12.3. The van der Waals surface area contributed by atoms with Crippen LogP contribution >= 0.6 is 0 Å². The minimum Gasteiger partial charge on any atom is -0.0654 e. The highest BCUT2D eigenvalue weighted by Gasteiger charge is 2.25. The second-order valence-corrected chi connectivity index (χ2v) is 11.6. The lowest BCUT2D eigenvalue weighted by molar-refractivity contribution is 0.795. The van der Waals surface area contributed by atoms with E-state index in [1.165, 1.54) is 49.7 Å². The number of hydrogen-bond acceptors (Lipinski definition) is 0. The summed E-state index contributed by atoms with van der Waals surface area (Å²) in [6, 6.07) is 18.9. The number of benzene rings is 2. The SMILES string of the molecule is CCCCc1ccc([Si](C)(C)c2ccc(CCCC)cc2)cc1. The molecule has 0 N–H and O–H groups in total. The first-order chi connectivity index (χ1) is 11.1. The molecule has 0 atom stereocenters. The minimum absolute atomic E-state index is 1.21. The summed E-state index contributed by atoms with van der Waals surface area (Å²) in [4.78, 5) is 0. The Morgan fingerprint density at radius 1 is 0.609 bits per heavy atom. The van der Waals surface area contributed by atoms with Crippen molar-refractivity contribution in [1.82, 2.24) is 0 Å². The van der Waals surface area contributed by atoms with Crippen LogP contribution in [0, 0.1) is 0 Å². The molecule has 0 amide bonds. The quantitative estimate of drug-likeness (QED) is 0.586. The summed E-state index contributed by atoms with van der Waals surface area (Å²) >= 11 is 0. The smallest absolute Gasteiger partial charge is 0.0654 e. The molecule has 0 aliphatic heterocycles.